The number of hydrogen-bond donors (Lipinski definition) is 1. The zero-order chi connectivity index (χ0) is 23.8. The van der Waals surface area contributed by atoms with Crippen LogP contribution in [0.4, 0.5) is 0 Å². The first-order chi connectivity index (χ1) is 15.2. The van der Waals surface area contributed by atoms with E-state index in [4.69, 9.17) is 28.4 Å². The van der Waals surface area contributed by atoms with Crippen molar-refractivity contribution in [2.45, 2.75) is 84.6 Å². The number of carbonyl (C=O) groups excluding carboxylic acids is 1. The molecule has 32 heavy (non-hydrogen) atoms. The minimum Gasteiger partial charge on any atom is -0.463 e. The highest BCUT2D eigenvalue weighted by Gasteiger charge is 2.49. The molecule has 2 rings (SSSR count). The summed E-state index contributed by atoms with van der Waals surface area (Å²) in [5.41, 5.74) is 0. The van der Waals surface area contributed by atoms with Crippen molar-refractivity contribution < 1.29 is 33.2 Å². The van der Waals surface area contributed by atoms with Crippen LogP contribution >= 0.6 is 0 Å². The zero-order valence-corrected chi connectivity index (χ0v) is 20.3. The lowest BCUT2D eigenvalue weighted by Crippen LogP contribution is -2.62. The molecule has 0 aromatic heterocycles. The molecule has 0 radical (unpaired) electrons. The molecule has 2 saturated heterocycles. The van der Waals surface area contributed by atoms with Crippen LogP contribution in [0, 0.1) is 41.6 Å². The number of esters is 1. The maximum absolute atomic E-state index is 11.5. The van der Waals surface area contributed by atoms with Gasteiger partial charge in [0.15, 0.2) is 6.29 Å². The molecule has 8 nitrogen and oxygen atoms in total. The molecule has 0 amide bonds. The van der Waals surface area contributed by atoms with Gasteiger partial charge in [-0.3, -0.25) is 4.79 Å². The van der Waals surface area contributed by atoms with Gasteiger partial charge in [0.1, 0.15) is 18.8 Å². The van der Waals surface area contributed by atoms with Crippen molar-refractivity contribution in [3.05, 3.63) is 0 Å². The lowest BCUT2D eigenvalue weighted by atomic mass is 9.85. The number of carbonyl (C=O) groups is 1. The van der Waals surface area contributed by atoms with Gasteiger partial charge in [0.25, 0.3) is 0 Å². The fourth-order valence-electron chi connectivity index (χ4n) is 4.45. The summed E-state index contributed by atoms with van der Waals surface area (Å²) in [6.07, 6.45) is 0.398. The van der Waals surface area contributed by atoms with Gasteiger partial charge in [-0.2, -0.15) is 0 Å². The van der Waals surface area contributed by atoms with Gasteiger partial charge in [0.05, 0.1) is 24.4 Å². The SMILES string of the molecule is CC#CC#CO[C@@H]1OC(COC(C)=O)[C@@H](O[C@@H]2OC(C)[C@@H](C)C(OC)[C@@H]2C)[C@H](C)C1NC. The van der Waals surface area contributed by atoms with E-state index in [1.807, 2.05) is 20.9 Å². The van der Waals surface area contributed by atoms with Gasteiger partial charge in [-0.05, 0) is 26.8 Å². The Balaban J connectivity index is 2.24. The topological polar surface area (TPSA) is 84.5 Å². The summed E-state index contributed by atoms with van der Waals surface area (Å²) in [5.74, 6) is 7.73. The van der Waals surface area contributed by atoms with Crippen molar-refractivity contribution in [1.82, 2.24) is 5.32 Å². The molecule has 0 spiro atoms. The monoisotopic (exact) mass is 451 g/mol. The second-order valence-corrected chi connectivity index (χ2v) is 8.47. The Hall–Kier alpha value is -1.81. The normalized spacial score (nSPS) is 39.1. The molecule has 2 fully saturated rings. The molecule has 8 heteroatoms. The maximum atomic E-state index is 11.5. The number of hydrogen-bond acceptors (Lipinski definition) is 8. The van der Waals surface area contributed by atoms with Gasteiger partial charge in [0.2, 0.25) is 6.29 Å². The number of nitrogens with one attached hydrogen (secondary N) is 1. The van der Waals surface area contributed by atoms with E-state index in [-0.39, 0.29) is 42.6 Å². The summed E-state index contributed by atoms with van der Waals surface area (Å²) in [6.45, 7) is 11.3. The summed E-state index contributed by atoms with van der Waals surface area (Å²) in [7, 11) is 3.54. The first kappa shape index (κ1) is 26.4. The molecular formula is C24H37NO7. The van der Waals surface area contributed by atoms with Crippen molar-refractivity contribution in [1.29, 1.82) is 0 Å². The molecule has 2 aliphatic heterocycles. The Bertz CT molecular complexity index is 736. The van der Waals surface area contributed by atoms with Crippen molar-refractivity contribution in [3.8, 4) is 23.9 Å². The quantitative estimate of drug-likeness (QED) is 0.464. The van der Waals surface area contributed by atoms with Crippen molar-refractivity contribution in [3.63, 3.8) is 0 Å². The van der Waals surface area contributed by atoms with Crippen LogP contribution in [0.5, 0.6) is 0 Å². The highest BCUT2D eigenvalue weighted by Crippen LogP contribution is 2.36. The smallest absolute Gasteiger partial charge is 0.302 e. The third kappa shape index (κ3) is 6.37. The predicted molar refractivity (Wildman–Crippen MR) is 118 cm³/mol. The zero-order valence-electron chi connectivity index (χ0n) is 20.3. The molecule has 0 saturated carbocycles. The maximum Gasteiger partial charge on any atom is 0.302 e. The van der Waals surface area contributed by atoms with Crippen molar-refractivity contribution >= 4 is 5.97 Å². The van der Waals surface area contributed by atoms with Gasteiger partial charge in [-0.15, -0.1) is 0 Å². The Morgan fingerprint density at radius 1 is 1.00 bits per heavy atom. The summed E-state index contributed by atoms with van der Waals surface area (Å²) in [5, 5.41) is 3.24. The number of likely N-dealkylation sites (N-methyl/N-ethyl adjacent to an activating group) is 1. The van der Waals surface area contributed by atoms with Crippen LogP contribution in [-0.2, 0) is 33.2 Å². The largest absolute Gasteiger partial charge is 0.463 e. The van der Waals surface area contributed by atoms with E-state index in [1.165, 1.54) is 6.92 Å². The van der Waals surface area contributed by atoms with E-state index in [0.717, 1.165) is 0 Å². The summed E-state index contributed by atoms with van der Waals surface area (Å²) >= 11 is 0. The third-order valence-electron chi connectivity index (χ3n) is 6.37. The molecule has 10 atom stereocenters. The van der Waals surface area contributed by atoms with Crippen LogP contribution < -0.4 is 5.32 Å². The van der Waals surface area contributed by atoms with E-state index in [1.54, 1.807) is 14.0 Å². The van der Waals surface area contributed by atoms with Crippen LogP contribution in [0.3, 0.4) is 0 Å². The molecule has 180 valence electrons. The van der Waals surface area contributed by atoms with Crippen LogP contribution in [0.1, 0.15) is 41.5 Å². The molecule has 0 aromatic carbocycles. The van der Waals surface area contributed by atoms with E-state index in [2.05, 4.69) is 43.0 Å². The standard InChI is InChI=1S/C24H37NO7/c1-9-10-11-12-28-24-20(25-7)15(3)22(19(31-24)13-29-18(6)26)32-23-16(4)21(27-8)14(2)17(5)30-23/h14-17,19-25H,13H2,1-8H3/t14-,15-,16+,17?,19?,20?,21?,22+,23+,24-/m1/s1. The van der Waals surface area contributed by atoms with Gasteiger partial charge < -0.3 is 33.7 Å². The summed E-state index contributed by atoms with van der Waals surface area (Å²) in [6, 6.07) is -0.217. The first-order valence-corrected chi connectivity index (χ1v) is 11.1. The van der Waals surface area contributed by atoms with Crippen LogP contribution in [0.15, 0.2) is 0 Å². The highest BCUT2D eigenvalue weighted by molar-refractivity contribution is 5.65. The van der Waals surface area contributed by atoms with Crippen LogP contribution in [0.2, 0.25) is 0 Å². The molecule has 2 heterocycles. The number of rotatable bonds is 7. The Kier molecular flexibility index (Phi) is 10.3. The number of methoxy groups -OCH3 is 1. The Labute approximate surface area is 192 Å². The lowest BCUT2D eigenvalue weighted by Gasteiger charge is -2.48. The Morgan fingerprint density at radius 3 is 2.31 bits per heavy atom. The van der Waals surface area contributed by atoms with Gasteiger partial charge in [-0.25, -0.2) is 0 Å². The average molecular weight is 452 g/mol. The van der Waals surface area contributed by atoms with E-state index in [9.17, 15) is 4.79 Å². The fourth-order valence-corrected chi connectivity index (χ4v) is 4.45. The van der Waals surface area contributed by atoms with Crippen molar-refractivity contribution in [2.75, 3.05) is 20.8 Å². The second-order valence-electron chi connectivity index (χ2n) is 8.47. The van der Waals surface area contributed by atoms with Gasteiger partial charge >= 0.3 is 5.97 Å². The van der Waals surface area contributed by atoms with E-state index < -0.39 is 30.8 Å². The first-order valence-electron chi connectivity index (χ1n) is 11.1. The fraction of sp³-hybridized carbons (Fsp3) is 0.792. The predicted octanol–water partition coefficient (Wildman–Crippen LogP) is 1.92. The molecule has 0 aromatic rings. The molecule has 2 aliphatic rings. The molecule has 4 unspecified atom stereocenters. The Morgan fingerprint density at radius 2 is 1.72 bits per heavy atom. The molecule has 0 bridgehead atoms. The molecular weight excluding hydrogens is 414 g/mol. The highest BCUT2D eigenvalue weighted by atomic mass is 16.7. The minimum atomic E-state index is -0.683. The summed E-state index contributed by atoms with van der Waals surface area (Å²) < 4.78 is 35.5. The van der Waals surface area contributed by atoms with E-state index >= 15 is 0 Å². The minimum absolute atomic E-state index is 0.00149. The van der Waals surface area contributed by atoms with Crippen LogP contribution in [0.25, 0.3) is 0 Å². The van der Waals surface area contributed by atoms with Gasteiger partial charge in [0, 0.05) is 37.7 Å². The molecule has 0 aliphatic carbocycles. The molecule has 1 N–H and O–H groups in total. The number of ether oxygens (including phenoxy) is 6. The van der Waals surface area contributed by atoms with E-state index in [0.29, 0.717) is 0 Å². The third-order valence-corrected chi connectivity index (χ3v) is 6.37. The van der Waals surface area contributed by atoms with Crippen LogP contribution in [-0.4, -0.2) is 69.8 Å². The van der Waals surface area contributed by atoms with Gasteiger partial charge in [-0.1, -0.05) is 26.7 Å². The van der Waals surface area contributed by atoms with Crippen molar-refractivity contribution in [2.24, 2.45) is 17.8 Å². The summed E-state index contributed by atoms with van der Waals surface area (Å²) in [4.78, 5) is 11.5. The average Bonchev–Trinajstić information content (AvgIpc) is 2.75. The second kappa shape index (κ2) is 12.4. The lowest BCUT2D eigenvalue weighted by molar-refractivity contribution is -0.319.